The van der Waals surface area contributed by atoms with E-state index in [9.17, 15) is 21.6 Å². The van der Waals surface area contributed by atoms with E-state index in [-0.39, 0.29) is 6.10 Å². The average molecular weight is 456 g/mol. The van der Waals surface area contributed by atoms with Crippen molar-refractivity contribution < 1.29 is 41.0 Å². The molecule has 0 bridgehead atoms. The minimum atomic E-state index is -5.08. The summed E-state index contributed by atoms with van der Waals surface area (Å²) in [4.78, 5) is 19.4. The standard InChI is InChI=1S/C14H22N4O4S.C2HF3O2/c1-21-14-5-13(15-9-16-14)18-4-3-11-10(7-18)8-22-12(11)6-17-23(2,19)20;3-2(4,5)1(6)7/h5,9-12,17H,3-4,6-8H2,1-2H3;(H,6,7)/t10-,11-,12-;/m1./s1. The molecule has 14 heteroatoms. The second-order valence-corrected chi connectivity index (χ2v) is 8.71. The Labute approximate surface area is 171 Å². The predicted octanol–water partition coefficient (Wildman–Crippen LogP) is 0.509. The van der Waals surface area contributed by atoms with Crippen LogP contribution in [0.3, 0.4) is 0 Å². The molecule has 2 aliphatic heterocycles. The number of anilines is 1. The molecule has 0 unspecified atom stereocenters. The first-order valence-electron chi connectivity index (χ1n) is 8.88. The molecule has 3 rings (SSSR count). The summed E-state index contributed by atoms with van der Waals surface area (Å²) in [5.74, 6) is -0.587. The van der Waals surface area contributed by atoms with Crippen molar-refractivity contribution in [1.29, 1.82) is 0 Å². The van der Waals surface area contributed by atoms with Crippen LogP contribution in [-0.2, 0) is 19.6 Å². The minimum absolute atomic E-state index is 0.0446. The molecule has 10 nitrogen and oxygen atoms in total. The number of ether oxygens (including phenoxy) is 2. The van der Waals surface area contributed by atoms with Crippen LogP contribution in [0.5, 0.6) is 5.88 Å². The van der Waals surface area contributed by atoms with Gasteiger partial charge in [-0.1, -0.05) is 0 Å². The molecule has 0 amide bonds. The summed E-state index contributed by atoms with van der Waals surface area (Å²) < 4.78 is 67.7. The third kappa shape index (κ3) is 6.95. The molecular formula is C16H23F3N4O6S. The number of nitrogens with one attached hydrogen (secondary N) is 1. The van der Waals surface area contributed by atoms with Gasteiger partial charge in [0.05, 0.1) is 26.1 Å². The van der Waals surface area contributed by atoms with E-state index in [2.05, 4.69) is 19.6 Å². The number of methoxy groups -OCH3 is 1. The largest absolute Gasteiger partial charge is 0.490 e. The SMILES string of the molecule is COc1cc(N2CC[C@@H]3[C@@H](CO[C@@H]3CNS(C)(=O)=O)C2)ncn1.O=C(O)C(F)(F)F. The number of fused-ring (bicyclic) bond motifs is 1. The van der Waals surface area contributed by atoms with Crippen LogP contribution in [0.4, 0.5) is 19.0 Å². The third-order valence-corrected chi connectivity index (χ3v) is 5.44. The molecule has 0 saturated carbocycles. The molecule has 0 aromatic carbocycles. The van der Waals surface area contributed by atoms with Gasteiger partial charge in [0, 0.05) is 31.6 Å². The molecule has 1 aromatic rings. The van der Waals surface area contributed by atoms with Crippen LogP contribution in [0.25, 0.3) is 0 Å². The van der Waals surface area contributed by atoms with Gasteiger partial charge in [-0.3, -0.25) is 0 Å². The summed E-state index contributed by atoms with van der Waals surface area (Å²) in [5, 5.41) is 7.12. The summed E-state index contributed by atoms with van der Waals surface area (Å²) in [7, 11) is -1.60. The number of aliphatic carboxylic acids is 1. The van der Waals surface area contributed by atoms with Crippen molar-refractivity contribution in [2.45, 2.75) is 18.7 Å². The molecule has 0 aliphatic carbocycles. The molecular weight excluding hydrogens is 433 g/mol. The Morgan fingerprint density at radius 1 is 1.43 bits per heavy atom. The Hall–Kier alpha value is -2.19. The zero-order valence-electron chi connectivity index (χ0n) is 16.3. The monoisotopic (exact) mass is 456 g/mol. The van der Waals surface area contributed by atoms with Crippen molar-refractivity contribution in [3.05, 3.63) is 12.4 Å². The van der Waals surface area contributed by atoms with Crippen molar-refractivity contribution in [3.63, 3.8) is 0 Å². The highest BCUT2D eigenvalue weighted by atomic mass is 32.2. The summed E-state index contributed by atoms with van der Waals surface area (Å²) >= 11 is 0. The van der Waals surface area contributed by atoms with Crippen molar-refractivity contribution in [2.24, 2.45) is 11.8 Å². The van der Waals surface area contributed by atoms with Crippen LogP contribution in [0.15, 0.2) is 12.4 Å². The quantitative estimate of drug-likeness (QED) is 0.651. The lowest BCUT2D eigenvalue weighted by molar-refractivity contribution is -0.192. The number of hydrogen-bond acceptors (Lipinski definition) is 8. The summed E-state index contributed by atoms with van der Waals surface area (Å²) in [5.41, 5.74) is 0. The molecule has 170 valence electrons. The number of halogens is 3. The molecule has 3 atom stereocenters. The molecule has 2 saturated heterocycles. The second-order valence-electron chi connectivity index (χ2n) is 6.87. The van der Waals surface area contributed by atoms with Gasteiger partial charge in [0.25, 0.3) is 0 Å². The van der Waals surface area contributed by atoms with E-state index in [1.807, 2.05) is 6.07 Å². The zero-order chi connectivity index (χ0) is 22.5. The van der Waals surface area contributed by atoms with Crippen molar-refractivity contribution >= 4 is 21.8 Å². The lowest BCUT2D eigenvalue weighted by Gasteiger charge is -2.36. The maximum absolute atomic E-state index is 11.2. The van der Waals surface area contributed by atoms with Crippen molar-refractivity contribution in [1.82, 2.24) is 14.7 Å². The molecule has 3 heterocycles. The second kappa shape index (κ2) is 9.75. The minimum Gasteiger partial charge on any atom is -0.481 e. The Balaban J connectivity index is 0.000000396. The lowest BCUT2D eigenvalue weighted by atomic mass is 9.84. The normalized spacial score (nSPS) is 23.9. The van der Waals surface area contributed by atoms with Crippen molar-refractivity contribution in [3.8, 4) is 5.88 Å². The predicted molar refractivity (Wildman–Crippen MR) is 98.7 cm³/mol. The molecule has 2 aliphatic rings. The number of sulfonamides is 1. The molecule has 0 spiro atoms. The fraction of sp³-hybridized carbons (Fsp3) is 0.688. The third-order valence-electron chi connectivity index (χ3n) is 4.74. The first-order chi connectivity index (χ1) is 13.9. The number of aromatic nitrogens is 2. The van der Waals surface area contributed by atoms with Gasteiger partial charge in [-0.15, -0.1) is 0 Å². The Kier molecular flexibility index (Phi) is 7.82. The van der Waals surface area contributed by atoms with E-state index in [4.69, 9.17) is 19.4 Å². The van der Waals surface area contributed by atoms with Gasteiger partial charge in [0.1, 0.15) is 12.1 Å². The number of rotatable bonds is 5. The van der Waals surface area contributed by atoms with Crippen LogP contribution in [-0.4, -0.2) is 81.3 Å². The smallest absolute Gasteiger partial charge is 0.481 e. The number of carbonyl (C=O) groups is 1. The van der Waals surface area contributed by atoms with E-state index in [1.165, 1.54) is 12.6 Å². The van der Waals surface area contributed by atoms with Crippen LogP contribution in [0, 0.1) is 11.8 Å². The highest BCUT2D eigenvalue weighted by Gasteiger charge is 2.41. The lowest BCUT2D eigenvalue weighted by Crippen LogP contribution is -2.44. The molecule has 2 fully saturated rings. The highest BCUT2D eigenvalue weighted by molar-refractivity contribution is 7.88. The number of piperidine rings is 1. The Morgan fingerprint density at radius 2 is 2.10 bits per heavy atom. The summed E-state index contributed by atoms with van der Waals surface area (Å²) in [6.07, 6.45) is -1.50. The van der Waals surface area contributed by atoms with Gasteiger partial charge in [-0.25, -0.2) is 27.9 Å². The summed E-state index contributed by atoms with van der Waals surface area (Å²) in [6.45, 7) is 2.71. The van der Waals surface area contributed by atoms with Crippen molar-refractivity contribution in [2.75, 3.05) is 44.5 Å². The van der Waals surface area contributed by atoms with Gasteiger partial charge in [0.2, 0.25) is 15.9 Å². The molecule has 1 aromatic heterocycles. The maximum Gasteiger partial charge on any atom is 0.490 e. The van der Waals surface area contributed by atoms with E-state index < -0.39 is 22.2 Å². The Morgan fingerprint density at radius 3 is 2.67 bits per heavy atom. The van der Waals surface area contributed by atoms with Crippen LogP contribution in [0.2, 0.25) is 0 Å². The summed E-state index contributed by atoms with van der Waals surface area (Å²) in [6, 6.07) is 1.83. The van der Waals surface area contributed by atoms with Gasteiger partial charge >= 0.3 is 12.1 Å². The Bertz CT molecular complexity index is 839. The first-order valence-corrected chi connectivity index (χ1v) is 10.8. The van der Waals surface area contributed by atoms with E-state index in [0.29, 0.717) is 30.9 Å². The molecule has 30 heavy (non-hydrogen) atoms. The van der Waals surface area contributed by atoms with Crippen LogP contribution >= 0.6 is 0 Å². The molecule has 0 radical (unpaired) electrons. The fourth-order valence-electron chi connectivity index (χ4n) is 3.35. The maximum atomic E-state index is 11.2. The number of alkyl halides is 3. The highest BCUT2D eigenvalue weighted by Crippen LogP contribution is 2.35. The van der Waals surface area contributed by atoms with E-state index in [1.54, 1.807) is 7.11 Å². The van der Waals surface area contributed by atoms with Crippen LogP contribution < -0.4 is 14.4 Å². The molecule has 2 N–H and O–H groups in total. The van der Waals surface area contributed by atoms with E-state index in [0.717, 1.165) is 25.3 Å². The van der Waals surface area contributed by atoms with E-state index >= 15 is 0 Å². The van der Waals surface area contributed by atoms with Gasteiger partial charge in [-0.05, 0) is 12.3 Å². The fourth-order valence-corrected chi connectivity index (χ4v) is 3.82. The number of nitrogens with zero attached hydrogens (tertiary/aromatic N) is 3. The topological polar surface area (TPSA) is 131 Å². The zero-order valence-corrected chi connectivity index (χ0v) is 17.1. The van der Waals surface area contributed by atoms with Crippen LogP contribution in [0.1, 0.15) is 6.42 Å². The van der Waals surface area contributed by atoms with Gasteiger partial charge in [0.15, 0.2) is 0 Å². The number of carboxylic acids is 1. The first kappa shape index (κ1) is 24.1. The number of hydrogen-bond donors (Lipinski definition) is 2. The van der Waals surface area contributed by atoms with Gasteiger partial charge < -0.3 is 19.5 Å². The van der Waals surface area contributed by atoms with Gasteiger partial charge in [-0.2, -0.15) is 13.2 Å². The average Bonchev–Trinajstić information content (AvgIpc) is 3.08. The number of carboxylic acid groups (broad SMARTS) is 1.